The van der Waals surface area contributed by atoms with Gasteiger partial charge in [-0.2, -0.15) is 0 Å². The summed E-state index contributed by atoms with van der Waals surface area (Å²) in [5, 5.41) is 2.47. The molecule has 3 atom stereocenters. The summed E-state index contributed by atoms with van der Waals surface area (Å²) in [5.41, 5.74) is 1.58. The van der Waals surface area contributed by atoms with Crippen LogP contribution in [0.1, 0.15) is 16.4 Å². The Morgan fingerprint density at radius 1 is 1.00 bits per heavy atom. The first-order valence-electron chi connectivity index (χ1n) is 12.5. The molecule has 12 heteroatoms. The molecule has 2 aliphatic rings. The Morgan fingerprint density at radius 3 is 2.49 bits per heavy atom. The molecule has 0 aliphatic carbocycles. The van der Waals surface area contributed by atoms with Crippen LogP contribution in [0.5, 0.6) is 11.5 Å². The normalized spacial score (nSPS) is 19.5. The van der Waals surface area contributed by atoms with E-state index in [4.69, 9.17) is 9.47 Å². The third-order valence-corrected chi connectivity index (χ3v) is 9.27. The standard InChI is InChI=1S/C29H22FN3O6S2/c1-38-20-13-15(7-12-19(20)39-14-21(34)31-17-10-8-16(30)9-11-17)22-23-25(40-26-24(22)41-29(37)32-26)28(36)33(27(23)35)18-5-3-2-4-6-18/h2-13,22-23,25H,14H2,1H3,(H,31,34)(H,32,37). The predicted octanol–water partition coefficient (Wildman–Crippen LogP) is 4.40. The van der Waals surface area contributed by atoms with Gasteiger partial charge in [-0.15, -0.1) is 0 Å². The number of rotatable bonds is 7. The van der Waals surface area contributed by atoms with Crippen molar-refractivity contribution in [3.8, 4) is 11.5 Å². The number of aromatic amines is 1. The fourth-order valence-corrected chi connectivity index (χ4v) is 7.59. The van der Waals surface area contributed by atoms with Crippen molar-refractivity contribution in [3.63, 3.8) is 0 Å². The van der Waals surface area contributed by atoms with Crippen molar-refractivity contribution in [1.29, 1.82) is 0 Å². The van der Waals surface area contributed by atoms with E-state index in [0.29, 0.717) is 32.6 Å². The first kappa shape index (κ1) is 26.8. The molecule has 3 heterocycles. The molecule has 9 nitrogen and oxygen atoms in total. The molecule has 1 fully saturated rings. The number of carbonyl (C=O) groups is 3. The van der Waals surface area contributed by atoms with E-state index in [0.717, 1.165) is 11.3 Å². The lowest BCUT2D eigenvalue weighted by atomic mass is 9.83. The van der Waals surface area contributed by atoms with Crippen LogP contribution in [0.25, 0.3) is 0 Å². The van der Waals surface area contributed by atoms with Gasteiger partial charge in [0.25, 0.3) is 5.91 Å². The van der Waals surface area contributed by atoms with Gasteiger partial charge >= 0.3 is 4.87 Å². The molecule has 2 N–H and O–H groups in total. The van der Waals surface area contributed by atoms with E-state index in [1.807, 2.05) is 6.07 Å². The van der Waals surface area contributed by atoms with Gasteiger partial charge in [-0.1, -0.05) is 47.4 Å². The van der Waals surface area contributed by atoms with Gasteiger partial charge in [-0.05, 0) is 54.1 Å². The number of aromatic nitrogens is 1. The van der Waals surface area contributed by atoms with Crippen molar-refractivity contribution in [2.24, 2.45) is 5.92 Å². The highest BCUT2D eigenvalue weighted by molar-refractivity contribution is 8.00. The number of hydrogen-bond acceptors (Lipinski definition) is 8. The summed E-state index contributed by atoms with van der Waals surface area (Å²) in [6.45, 7) is -0.333. The molecule has 0 saturated carbocycles. The number of para-hydroxylation sites is 1. The van der Waals surface area contributed by atoms with Gasteiger partial charge in [0.05, 0.1) is 23.7 Å². The van der Waals surface area contributed by atoms with E-state index in [-0.39, 0.29) is 29.0 Å². The molecule has 1 aromatic heterocycles. The number of H-pyrrole nitrogens is 1. The molecule has 2 aliphatic heterocycles. The fourth-order valence-electron chi connectivity index (χ4n) is 5.08. The average molecular weight is 592 g/mol. The van der Waals surface area contributed by atoms with E-state index >= 15 is 0 Å². The first-order valence-corrected chi connectivity index (χ1v) is 14.2. The SMILES string of the molecule is COc1cc(C2c3sc(=O)[nH]c3SC3C(=O)N(c4ccccc4)C(=O)C32)ccc1OCC(=O)Nc1ccc(F)cc1. The minimum absolute atomic E-state index is 0.272. The molecule has 3 aromatic carbocycles. The second kappa shape index (κ2) is 10.9. The van der Waals surface area contributed by atoms with Crippen LogP contribution in [0.15, 0.2) is 82.6 Å². The molecular formula is C29H22FN3O6S2. The second-order valence-electron chi connectivity index (χ2n) is 9.35. The maximum atomic E-state index is 13.8. The third-order valence-electron chi connectivity index (χ3n) is 6.87. The number of ether oxygens (including phenoxy) is 2. The molecule has 0 bridgehead atoms. The highest BCUT2D eigenvalue weighted by Gasteiger charge is 2.56. The van der Waals surface area contributed by atoms with Crippen molar-refractivity contribution in [2.75, 3.05) is 23.9 Å². The molecule has 4 aromatic rings. The molecule has 208 valence electrons. The minimum atomic E-state index is -0.746. The fraction of sp³-hybridized carbons (Fsp3) is 0.172. The number of methoxy groups -OCH3 is 1. The number of hydrogen-bond donors (Lipinski definition) is 2. The lowest BCUT2D eigenvalue weighted by Gasteiger charge is -2.30. The van der Waals surface area contributed by atoms with Gasteiger partial charge in [0.2, 0.25) is 11.8 Å². The number of anilines is 2. The van der Waals surface area contributed by atoms with E-state index < -0.39 is 28.8 Å². The number of thioether (sulfide) groups is 1. The molecule has 0 spiro atoms. The number of imide groups is 1. The molecule has 0 radical (unpaired) electrons. The zero-order valence-corrected chi connectivity index (χ0v) is 23.1. The topological polar surface area (TPSA) is 118 Å². The summed E-state index contributed by atoms with van der Waals surface area (Å²) in [4.78, 5) is 56.5. The van der Waals surface area contributed by atoms with Crippen molar-refractivity contribution >= 4 is 52.2 Å². The number of fused-ring (bicyclic) bond motifs is 2. The van der Waals surface area contributed by atoms with Gasteiger partial charge in [-0.25, -0.2) is 9.29 Å². The summed E-state index contributed by atoms with van der Waals surface area (Å²) in [6, 6.07) is 19.2. The van der Waals surface area contributed by atoms with Gasteiger partial charge in [0, 0.05) is 16.5 Å². The summed E-state index contributed by atoms with van der Waals surface area (Å²) >= 11 is 2.22. The number of halogens is 1. The number of benzene rings is 3. The lowest BCUT2D eigenvalue weighted by molar-refractivity contribution is -0.122. The number of carbonyl (C=O) groups excluding carboxylic acids is 3. The van der Waals surface area contributed by atoms with Gasteiger partial charge in [0.15, 0.2) is 18.1 Å². The highest BCUT2D eigenvalue weighted by Crippen LogP contribution is 2.53. The molecule has 41 heavy (non-hydrogen) atoms. The summed E-state index contributed by atoms with van der Waals surface area (Å²) < 4.78 is 24.4. The van der Waals surface area contributed by atoms with Crippen LogP contribution < -0.4 is 24.6 Å². The maximum Gasteiger partial charge on any atom is 0.305 e. The summed E-state index contributed by atoms with van der Waals surface area (Å²) in [5.74, 6) is -2.28. The van der Waals surface area contributed by atoms with Crippen LogP contribution in [0.4, 0.5) is 15.8 Å². The third kappa shape index (κ3) is 5.00. The van der Waals surface area contributed by atoms with Crippen molar-refractivity contribution in [3.05, 3.63) is 98.7 Å². The van der Waals surface area contributed by atoms with Gasteiger partial charge in [-0.3, -0.25) is 19.2 Å². The number of nitrogens with one attached hydrogen (secondary N) is 2. The highest BCUT2D eigenvalue weighted by atomic mass is 32.2. The van der Waals surface area contributed by atoms with E-state index in [1.54, 1.807) is 42.5 Å². The van der Waals surface area contributed by atoms with Crippen molar-refractivity contribution in [2.45, 2.75) is 16.2 Å². The molecular weight excluding hydrogens is 569 g/mol. The molecule has 6 rings (SSSR count). The minimum Gasteiger partial charge on any atom is -0.493 e. The number of amides is 3. The largest absolute Gasteiger partial charge is 0.493 e. The monoisotopic (exact) mass is 591 g/mol. The summed E-state index contributed by atoms with van der Waals surface area (Å²) in [6.07, 6.45) is 0. The maximum absolute atomic E-state index is 13.8. The Hall–Kier alpha value is -4.42. The zero-order chi connectivity index (χ0) is 28.7. The predicted molar refractivity (Wildman–Crippen MR) is 152 cm³/mol. The zero-order valence-electron chi connectivity index (χ0n) is 21.5. The Kier molecular flexibility index (Phi) is 7.10. The van der Waals surface area contributed by atoms with Crippen LogP contribution in [0.2, 0.25) is 0 Å². The number of nitrogens with zero attached hydrogens (tertiary/aromatic N) is 1. The Bertz CT molecular complexity index is 1710. The van der Waals surface area contributed by atoms with Crippen molar-refractivity contribution in [1.82, 2.24) is 4.98 Å². The first-order chi connectivity index (χ1) is 19.8. The van der Waals surface area contributed by atoms with Crippen LogP contribution >= 0.6 is 23.1 Å². The lowest BCUT2D eigenvalue weighted by Crippen LogP contribution is -2.32. The van der Waals surface area contributed by atoms with Crippen LogP contribution in [-0.4, -0.2) is 41.7 Å². The van der Waals surface area contributed by atoms with E-state index in [9.17, 15) is 23.6 Å². The Labute approximate surface area is 241 Å². The van der Waals surface area contributed by atoms with Crippen LogP contribution in [0, 0.1) is 11.7 Å². The van der Waals surface area contributed by atoms with Crippen LogP contribution in [0.3, 0.4) is 0 Å². The van der Waals surface area contributed by atoms with Crippen molar-refractivity contribution < 1.29 is 28.2 Å². The van der Waals surface area contributed by atoms with Gasteiger partial charge in [0.1, 0.15) is 11.1 Å². The molecule has 3 amide bonds. The average Bonchev–Trinajstić information content (AvgIpc) is 3.47. The number of thiazole rings is 1. The molecule has 1 saturated heterocycles. The Morgan fingerprint density at radius 2 is 1.76 bits per heavy atom. The molecule has 3 unspecified atom stereocenters. The Balaban J connectivity index is 1.29. The van der Waals surface area contributed by atoms with Crippen LogP contribution in [-0.2, 0) is 14.4 Å². The van der Waals surface area contributed by atoms with Gasteiger partial charge < -0.3 is 19.8 Å². The smallest absolute Gasteiger partial charge is 0.305 e. The second-order valence-corrected chi connectivity index (χ2v) is 11.5. The quantitative estimate of drug-likeness (QED) is 0.306. The van der Waals surface area contributed by atoms with E-state index in [1.165, 1.54) is 48.0 Å². The van der Waals surface area contributed by atoms with E-state index in [2.05, 4.69) is 10.3 Å². The summed E-state index contributed by atoms with van der Waals surface area (Å²) in [7, 11) is 1.45.